The topological polar surface area (TPSA) is 112 Å². The van der Waals surface area contributed by atoms with E-state index < -0.39 is 23.1 Å². The van der Waals surface area contributed by atoms with Crippen molar-refractivity contribution in [3.63, 3.8) is 0 Å². The molecule has 1 saturated carbocycles. The summed E-state index contributed by atoms with van der Waals surface area (Å²) in [5.41, 5.74) is 0.468. The number of hydrogen-bond acceptors (Lipinski definition) is 9. The lowest BCUT2D eigenvalue weighted by Crippen LogP contribution is -2.50. The van der Waals surface area contributed by atoms with E-state index in [4.69, 9.17) is 40.5 Å². The van der Waals surface area contributed by atoms with Crippen LogP contribution in [-0.2, 0) is 27.4 Å². The van der Waals surface area contributed by atoms with E-state index >= 15 is 0 Å². The summed E-state index contributed by atoms with van der Waals surface area (Å²) in [6.45, 7) is 19.7. The Morgan fingerprint density at radius 3 is 2.20 bits per heavy atom. The van der Waals surface area contributed by atoms with Gasteiger partial charge in [-0.15, -0.1) is 11.8 Å². The molecule has 50 heavy (non-hydrogen) atoms. The lowest BCUT2D eigenvalue weighted by Gasteiger charge is -2.39. The standard InChI is InChI=1S/C37H65BN3O7PSi/c1-27(2)41(28(3)4)49(44-22-17-20-39)48-34-24-36(38)47-35(34)26-46-50(29(5)6,30(7)8)45-23-16-12-11-15-21-40-37(42)43-25-33-31-18-13-9-10-14-19-32(31)33/h27-36H,11-19,21-26H2,1-8H3,(H,40,42)/t31-,32+,33?,34-,35+,36+,49?/m0/s1. The van der Waals surface area contributed by atoms with E-state index in [9.17, 15) is 4.79 Å². The summed E-state index contributed by atoms with van der Waals surface area (Å²) in [6.07, 6.45) is 7.98. The van der Waals surface area contributed by atoms with Gasteiger partial charge in [0, 0.05) is 44.1 Å². The summed E-state index contributed by atoms with van der Waals surface area (Å²) >= 11 is 0. The maximum absolute atomic E-state index is 12.2. The van der Waals surface area contributed by atoms with Crippen molar-refractivity contribution in [3.05, 3.63) is 0 Å². The smallest absolute Gasteiger partial charge is 0.407 e. The van der Waals surface area contributed by atoms with Crippen LogP contribution in [0.4, 0.5) is 4.79 Å². The normalized spacial score (nSPS) is 25.6. The molecule has 0 aromatic heterocycles. The highest BCUT2D eigenvalue weighted by atomic mass is 31.2. The molecular weight excluding hydrogens is 668 g/mol. The Hall–Kier alpha value is -1.21. The molecule has 1 saturated heterocycles. The SMILES string of the molecule is [B][C@H]1C[C@H](OP(OCCC#N)N(C(C)C)C(C)C)[C@@H](CO[Si](OCCCCCCNC(=O)OCC2[C@H]3CCC#CCC[C@@H]23)(C(C)C)C(C)C)O1. The minimum absolute atomic E-state index is 0.198. The number of nitriles is 1. The quantitative estimate of drug-likeness (QED) is 0.0484. The molecule has 0 aromatic carbocycles. The summed E-state index contributed by atoms with van der Waals surface area (Å²) < 4.78 is 40.2. The van der Waals surface area contributed by atoms with Gasteiger partial charge in [-0.3, -0.25) is 0 Å². The van der Waals surface area contributed by atoms with Crippen molar-refractivity contribution in [1.82, 2.24) is 9.99 Å². The Balaban J connectivity index is 1.41. The lowest BCUT2D eigenvalue weighted by molar-refractivity contribution is -0.00767. The molecule has 1 N–H and O–H groups in total. The van der Waals surface area contributed by atoms with E-state index in [2.05, 4.69) is 83.3 Å². The number of nitrogens with zero attached hydrogens (tertiary/aromatic N) is 2. The van der Waals surface area contributed by atoms with E-state index in [1.165, 1.54) is 0 Å². The summed E-state index contributed by atoms with van der Waals surface area (Å²) in [7, 11) is 2.22. The molecule has 1 amide bonds. The van der Waals surface area contributed by atoms with Gasteiger partial charge in [-0.1, -0.05) is 40.5 Å². The van der Waals surface area contributed by atoms with E-state index in [1.54, 1.807) is 0 Å². The van der Waals surface area contributed by atoms with Crippen molar-refractivity contribution in [2.75, 3.05) is 33.0 Å². The van der Waals surface area contributed by atoms with Gasteiger partial charge < -0.3 is 32.7 Å². The summed E-state index contributed by atoms with van der Waals surface area (Å²) in [5, 5.41) is 12.0. The molecule has 3 aliphatic rings. The van der Waals surface area contributed by atoms with Gasteiger partial charge in [0.1, 0.15) is 14.0 Å². The highest BCUT2D eigenvalue weighted by Crippen LogP contribution is 2.52. The first-order chi connectivity index (χ1) is 23.9. The van der Waals surface area contributed by atoms with Gasteiger partial charge in [-0.2, -0.15) is 5.26 Å². The summed E-state index contributed by atoms with van der Waals surface area (Å²) in [5.74, 6) is 8.34. The number of carbonyl (C=O) groups excluding carboxylic acids is 1. The second-order valence-electron chi connectivity index (χ2n) is 15.2. The predicted molar refractivity (Wildman–Crippen MR) is 202 cm³/mol. The molecule has 2 aliphatic carbocycles. The summed E-state index contributed by atoms with van der Waals surface area (Å²) in [6, 6.07) is 2.11. The molecule has 3 rings (SSSR count). The number of rotatable bonds is 23. The first kappa shape index (κ1) is 43.2. The van der Waals surface area contributed by atoms with Gasteiger partial charge in [0.25, 0.3) is 8.53 Å². The monoisotopic (exact) mass is 733 g/mol. The molecule has 0 bridgehead atoms. The van der Waals surface area contributed by atoms with Crippen LogP contribution >= 0.6 is 8.53 Å². The number of amides is 1. The molecule has 1 aliphatic heterocycles. The van der Waals surface area contributed by atoms with Crippen LogP contribution in [0.3, 0.4) is 0 Å². The van der Waals surface area contributed by atoms with Crippen molar-refractivity contribution in [2.45, 2.75) is 161 Å². The Morgan fingerprint density at radius 2 is 1.60 bits per heavy atom. The molecule has 282 valence electrons. The van der Waals surface area contributed by atoms with Gasteiger partial charge in [0.05, 0.1) is 38.4 Å². The number of unbranched alkanes of at least 4 members (excludes halogenated alkanes) is 3. The molecule has 2 fully saturated rings. The van der Waals surface area contributed by atoms with Crippen molar-refractivity contribution in [3.8, 4) is 17.9 Å². The van der Waals surface area contributed by atoms with Crippen molar-refractivity contribution in [2.24, 2.45) is 17.8 Å². The van der Waals surface area contributed by atoms with Crippen LogP contribution in [-0.4, -0.2) is 90.4 Å². The van der Waals surface area contributed by atoms with Crippen molar-refractivity contribution >= 4 is 31.0 Å². The van der Waals surface area contributed by atoms with Crippen LogP contribution in [0.1, 0.15) is 120 Å². The number of carbonyl (C=O) groups is 1. The fraction of sp³-hybridized carbons (Fsp3) is 0.892. The Labute approximate surface area is 307 Å². The van der Waals surface area contributed by atoms with E-state index in [0.717, 1.165) is 51.4 Å². The van der Waals surface area contributed by atoms with Crippen LogP contribution in [0.25, 0.3) is 0 Å². The van der Waals surface area contributed by atoms with Crippen molar-refractivity contribution in [1.29, 1.82) is 5.26 Å². The third-order valence-corrected chi connectivity index (χ3v) is 16.8. The van der Waals surface area contributed by atoms with Crippen LogP contribution in [0, 0.1) is 40.9 Å². The zero-order chi connectivity index (χ0) is 36.7. The zero-order valence-electron chi connectivity index (χ0n) is 32.2. The molecule has 0 spiro atoms. The highest BCUT2D eigenvalue weighted by Gasteiger charge is 2.49. The van der Waals surface area contributed by atoms with Crippen molar-refractivity contribution < 1.29 is 32.2 Å². The van der Waals surface area contributed by atoms with E-state index in [0.29, 0.717) is 63.6 Å². The van der Waals surface area contributed by atoms with Crippen LogP contribution < -0.4 is 5.32 Å². The van der Waals surface area contributed by atoms with Gasteiger partial charge in [0.2, 0.25) is 0 Å². The third-order valence-electron chi connectivity index (χ3n) is 10.1. The van der Waals surface area contributed by atoms with E-state index in [-0.39, 0.29) is 41.5 Å². The van der Waals surface area contributed by atoms with Gasteiger partial charge in [0.15, 0.2) is 0 Å². The van der Waals surface area contributed by atoms with Gasteiger partial charge in [-0.25, -0.2) is 9.46 Å². The molecule has 13 heteroatoms. The number of fused-ring (bicyclic) bond motifs is 1. The fourth-order valence-electron chi connectivity index (χ4n) is 7.51. The Morgan fingerprint density at radius 1 is 0.960 bits per heavy atom. The maximum atomic E-state index is 12.2. The van der Waals surface area contributed by atoms with Gasteiger partial charge >= 0.3 is 14.7 Å². The average Bonchev–Trinajstić information content (AvgIpc) is 3.54. The maximum Gasteiger partial charge on any atom is 0.407 e. The molecule has 1 heterocycles. The zero-order valence-corrected chi connectivity index (χ0v) is 34.1. The minimum atomic E-state index is -2.64. The number of ether oxygens (including phenoxy) is 2. The minimum Gasteiger partial charge on any atom is -0.449 e. The third kappa shape index (κ3) is 13.3. The Kier molecular flexibility index (Phi) is 19.1. The molecule has 2 radical (unpaired) electrons. The lowest BCUT2D eigenvalue weighted by atomic mass is 9.96. The second-order valence-corrected chi connectivity index (χ2v) is 20.9. The number of alkyl carbamates (subject to hydrolysis) is 1. The molecule has 2 unspecified atom stereocenters. The first-order valence-corrected chi connectivity index (χ1v) is 22.3. The van der Waals surface area contributed by atoms with E-state index in [1.807, 2.05) is 0 Å². The fourth-order valence-corrected chi connectivity index (χ4v) is 12.9. The van der Waals surface area contributed by atoms with Crippen LogP contribution in [0.15, 0.2) is 0 Å². The molecule has 0 aromatic rings. The number of hydrogen-bond donors (Lipinski definition) is 1. The highest BCUT2D eigenvalue weighted by molar-refractivity contribution is 7.44. The Bertz CT molecular complexity index is 1080. The second kappa shape index (κ2) is 22.1. The molecule has 7 atom stereocenters. The number of nitrogens with one attached hydrogen (secondary N) is 1. The molecular formula is C37H65BN3O7PSi. The molecule has 10 nitrogen and oxygen atoms in total. The van der Waals surface area contributed by atoms with Crippen LogP contribution in [0.2, 0.25) is 11.1 Å². The largest absolute Gasteiger partial charge is 0.449 e. The average molecular weight is 734 g/mol. The van der Waals surface area contributed by atoms with Gasteiger partial charge in [-0.05, 0) is 88.6 Å². The van der Waals surface area contributed by atoms with Crippen LogP contribution in [0.5, 0.6) is 0 Å². The predicted octanol–water partition coefficient (Wildman–Crippen LogP) is 7.95. The summed E-state index contributed by atoms with van der Waals surface area (Å²) in [4.78, 5) is 12.2. The first-order valence-electron chi connectivity index (χ1n) is 19.2.